The van der Waals surface area contributed by atoms with Crippen molar-refractivity contribution in [1.82, 2.24) is 0 Å². The Morgan fingerprint density at radius 2 is 0.922 bits per heavy atom. The number of aliphatic hydroxyl groups is 1. The Balaban J connectivity index is 2.52. The quantitative estimate of drug-likeness (QED) is 0.0164. The van der Waals surface area contributed by atoms with E-state index in [4.69, 9.17) is 59.2 Å². The lowest BCUT2D eigenvalue weighted by molar-refractivity contribution is -0.340. The molecule has 0 aliphatic carbocycles. The van der Waals surface area contributed by atoms with Gasteiger partial charge in [-0.25, -0.2) is 9.13 Å². The van der Waals surface area contributed by atoms with E-state index in [1.54, 1.807) is 7.11 Å². The predicted molar refractivity (Wildman–Crippen MR) is 353 cm³/mol. The van der Waals surface area contributed by atoms with Crippen LogP contribution in [0.4, 0.5) is 0 Å². The number of hydrogen-bond donors (Lipinski definition) is 5. The van der Waals surface area contributed by atoms with Gasteiger partial charge in [0.05, 0.1) is 35.3 Å². The number of unbranched alkanes of at least 4 members (excludes halogenated alkanes) is 31. The number of rotatable bonds is 63. The van der Waals surface area contributed by atoms with Gasteiger partial charge in [-0.05, 0) is 57.8 Å². The Bertz CT molecular complexity index is 1860. The first kappa shape index (κ1) is 81.5. The van der Waals surface area contributed by atoms with Gasteiger partial charge in [0, 0.05) is 40.4 Å². The van der Waals surface area contributed by atoms with Crippen LogP contribution >= 0.6 is 15.6 Å². The molecule has 0 spiro atoms. The van der Waals surface area contributed by atoms with E-state index in [0.717, 1.165) is 141 Å². The SMILES string of the molecule is [2H]C(CCCCCCCCCCC)O[C@H]1[C@H](O)[C@@H](CO[C@@H]2O[C@H](COC)[C@@H](OP(=O)(O)O)[C@H](OCC[C@@H](CCCCCCC)OC)[C@H]2OC(=O)CCCCCCCCC/C=C\CCCCCC)OC(OCCOP(=O)(O)O)[C@@H]1OC([2H])CCCCCCCCCCC. The number of hydrogen-bond acceptors (Lipinski definition) is 16. The van der Waals surface area contributed by atoms with Gasteiger partial charge < -0.3 is 72.0 Å². The summed E-state index contributed by atoms with van der Waals surface area (Å²) in [5, 5.41) is 12.5. The topological polar surface area (TPSA) is 263 Å². The fourth-order valence-electron chi connectivity index (χ4n) is 11.6. The van der Waals surface area contributed by atoms with E-state index >= 15 is 0 Å². The number of allylic oxidation sites excluding steroid dienone is 2. The van der Waals surface area contributed by atoms with E-state index in [9.17, 15) is 38.6 Å². The minimum atomic E-state index is -5.28. The molecule has 2 rings (SSSR count). The first-order chi connectivity index (χ1) is 44.4. The number of phosphoric acid groups is 2. The van der Waals surface area contributed by atoms with Crippen molar-refractivity contribution in [1.29, 1.82) is 0 Å². The van der Waals surface area contributed by atoms with Crippen LogP contribution in [-0.4, -0.2) is 159 Å². The van der Waals surface area contributed by atoms with Crippen molar-refractivity contribution in [3.8, 4) is 0 Å². The zero-order chi connectivity index (χ0) is 67.5. The molecule has 5 N–H and O–H groups in total. The maximum atomic E-state index is 14.1. The molecule has 0 aromatic carbocycles. The molecule has 0 radical (unpaired) electrons. The van der Waals surface area contributed by atoms with Crippen molar-refractivity contribution >= 4 is 21.6 Å². The van der Waals surface area contributed by atoms with Crippen LogP contribution in [0.2, 0.25) is 0 Å². The number of aliphatic hydroxyl groups excluding tert-OH is 1. The molecule has 0 saturated carbocycles. The third-order valence-electron chi connectivity index (χ3n) is 16.8. The number of esters is 1. The Kier molecular flexibility index (Phi) is 50.8. The lowest BCUT2D eigenvalue weighted by atomic mass is 9.97. The van der Waals surface area contributed by atoms with Gasteiger partial charge in [0.1, 0.15) is 42.7 Å². The second-order valence-corrected chi connectivity index (χ2v) is 27.3. The van der Waals surface area contributed by atoms with Crippen LogP contribution < -0.4 is 0 Å². The first-order valence-corrected chi connectivity index (χ1v) is 38.8. The summed E-state index contributed by atoms with van der Waals surface area (Å²) in [5.41, 5.74) is 0. The molecule has 2 aliphatic heterocycles. The minimum absolute atomic E-state index is 0.00593. The highest BCUT2D eigenvalue weighted by molar-refractivity contribution is 7.46. The highest BCUT2D eigenvalue weighted by Gasteiger charge is 2.54. The molecule has 534 valence electrons. The van der Waals surface area contributed by atoms with Gasteiger partial charge >= 0.3 is 21.6 Å². The van der Waals surface area contributed by atoms with Gasteiger partial charge in [-0.2, -0.15) is 0 Å². The number of carbonyl (C=O) groups excluding carboxylic acids is 1. The van der Waals surface area contributed by atoms with Crippen LogP contribution in [0, 0.1) is 0 Å². The lowest BCUT2D eigenvalue weighted by Crippen LogP contribution is -2.64. The van der Waals surface area contributed by atoms with Crippen LogP contribution in [0.15, 0.2) is 12.2 Å². The van der Waals surface area contributed by atoms with Crippen LogP contribution in [-0.2, 0) is 70.3 Å². The summed E-state index contributed by atoms with van der Waals surface area (Å²) in [6.45, 7) is 4.64. The normalized spacial score (nSPS) is 23.9. The molecule has 0 amide bonds. The average Bonchev–Trinajstić information content (AvgIpc) is 0.816. The molecular formula is C68H132O20P2. The zero-order valence-corrected chi connectivity index (χ0v) is 58.7. The Labute approximate surface area is 548 Å². The molecule has 90 heavy (non-hydrogen) atoms. The molecule has 0 aromatic heterocycles. The van der Waals surface area contributed by atoms with E-state index in [2.05, 4.69) is 39.8 Å². The fourth-order valence-corrected chi connectivity index (χ4v) is 12.4. The van der Waals surface area contributed by atoms with Crippen LogP contribution in [0.25, 0.3) is 0 Å². The minimum Gasteiger partial charge on any atom is -0.454 e. The van der Waals surface area contributed by atoms with Crippen LogP contribution in [0.3, 0.4) is 0 Å². The summed E-state index contributed by atoms with van der Waals surface area (Å²) in [7, 11) is -7.21. The Morgan fingerprint density at radius 3 is 1.42 bits per heavy atom. The predicted octanol–water partition coefficient (Wildman–Crippen LogP) is 15.8. The monoisotopic (exact) mass is 1330 g/mol. The summed E-state index contributed by atoms with van der Waals surface area (Å²) in [6, 6.07) is 0. The second kappa shape index (κ2) is 56.1. The molecule has 2 fully saturated rings. The highest BCUT2D eigenvalue weighted by atomic mass is 31.2. The second-order valence-electron chi connectivity index (χ2n) is 24.9. The van der Waals surface area contributed by atoms with E-state index in [1.807, 2.05) is 0 Å². The maximum absolute atomic E-state index is 14.1. The summed E-state index contributed by atoms with van der Waals surface area (Å²) in [4.78, 5) is 53.9. The summed E-state index contributed by atoms with van der Waals surface area (Å²) < 4.78 is 115. The van der Waals surface area contributed by atoms with E-state index in [-0.39, 0.29) is 25.7 Å². The van der Waals surface area contributed by atoms with Crippen molar-refractivity contribution in [3.05, 3.63) is 12.2 Å². The van der Waals surface area contributed by atoms with E-state index in [0.29, 0.717) is 38.5 Å². The Morgan fingerprint density at radius 1 is 0.467 bits per heavy atom. The fraction of sp³-hybridized carbons (Fsp3) is 0.956. The third kappa shape index (κ3) is 43.3. The van der Waals surface area contributed by atoms with E-state index in [1.165, 1.54) is 84.2 Å². The van der Waals surface area contributed by atoms with Gasteiger partial charge in [-0.3, -0.25) is 13.8 Å². The average molecular weight is 1330 g/mol. The summed E-state index contributed by atoms with van der Waals surface area (Å²) in [6.07, 6.45) is 30.0. The van der Waals surface area contributed by atoms with Gasteiger partial charge in [0.15, 0.2) is 18.7 Å². The Hall–Kier alpha value is -0.970. The van der Waals surface area contributed by atoms with Crippen molar-refractivity contribution in [3.63, 3.8) is 0 Å². The van der Waals surface area contributed by atoms with Crippen molar-refractivity contribution < 1.29 is 97.8 Å². The molecule has 2 aliphatic rings. The van der Waals surface area contributed by atoms with Gasteiger partial charge in [-0.1, -0.05) is 239 Å². The lowest BCUT2D eigenvalue weighted by Gasteiger charge is -2.47. The van der Waals surface area contributed by atoms with Crippen molar-refractivity contribution in [2.24, 2.45) is 0 Å². The molecule has 2 heterocycles. The van der Waals surface area contributed by atoms with Crippen molar-refractivity contribution in [2.45, 2.75) is 358 Å². The van der Waals surface area contributed by atoms with Crippen LogP contribution in [0.5, 0.6) is 0 Å². The highest BCUT2D eigenvalue weighted by Crippen LogP contribution is 2.43. The molecule has 13 atom stereocenters. The zero-order valence-electron chi connectivity index (χ0n) is 58.9. The number of phosphoric ester groups is 2. The first-order valence-electron chi connectivity index (χ1n) is 36.9. The number of ether oxygens (including phenoxy) is 10. The standard InChI is InChI=1S/C68H132O20P2/c1-7-11-15-19-22-25-28-29-30-31-32-33-36-40-44-48-60(69)87-66-64(81-52-49-57(78-6)47-43-39-18-14-10-4)62(88-90(74,75)76)59(55-77-5)86-68(66)83-56-58-61(70)63(79-50-45-41-37-34-26-23-20-16-12-8-2)65(67(85-58)82-53-54-84-89(71,72)73)80-51-46-42-38-35-27-24-21-17-13-9-3/h25,28,57-59,61-68,70H,7-24,26-27,29-56H2,1-6H3,(H2,71,72,73)(H2,74,75,76)/b28-25-/t57-,58-,59-,61-,62-,63+,64+,65-,66-,67?,68-/m1/s1/i50D,51D/t50?,51?,57-,58-,59-,61-,62-,63+,64+,65-,66-,67?,68-. The van der Waals surface area contributed by atoms with Gasteiger partial charge in [-0.15, -0.1) is 0 Å². The summed E-state index contributed by atoms with van der Waals surface area (Å²) >= 11 is 0. The molecule has 0 aromatic rings. The molecule has 0 bridgehead atoms. The summed E-state index contributed by atoms with van der Waals surface area (Å²) in [5.74, 6) is -0.640. The maximum Gasteiger partial charge on any atom is 0.470 e. The van der Waals surface area contributed by atoms with Crippen molar-refractivity contribution in [2.75, 3.05) is 60.4 Å². The molecular weight excluding hydrogens is 1200 g/mol. The van der Waals surface area contributed by atoms with Crippen LogP contribution in [0.1, 0.15) is 294 Å². The van der Waals surface area contributed by atoms with E-state index < -0.39 is 116 Å². The van der Waals surface area contributed by atoms with Gasteiger partial charge in [0.2, 0.25) is 0 Å². The molecule has 20 nitrogen and oxygen atoms in total. The third-order valence-corrected chi connectivity index (χ3v) is 17.9. The molecule has 22 heteroatoms. The molecule has 3 unspecified atom stereocenters. The number of methoxy groups -OCH3 is 2. The van der Waals surface area contributed by atoms with Gasteiger partial charge in [0.25, 0.3) is 0 Å². The smallest absolute Gasteiger partial charge is 0.454 e. The largest absolute Gasteiger partial charge is 0.470 e. The number of carbonyl (C=O) groups is 1. The molecule has 2 saturated heterocycles.